The van der Waals surface area contributed by atoms with Gasteiger partial charge in [-0.3, -0.25) is 0 Å². The van der Waals surface area contributed by atoms with Crippen molar-refractivity contribution in [3.63, 3.8) is 0 Å². The molecule has 2 aromatic heterocycles. The van der Waals surface area contributed by atoms with Crippen LogP contribution in [-0.2, 0) is 13.1 Å². The number of halogens is 1. The molecule has 1 aliphatic rings. The monoisotopic (exact) mass is 359 g/mol. The first-order chi connectivity index (χ1) is 12.7. The summed E-state index contributed by atoms with van der Waals surface area (Å²) in [5, 5.41) is 18.7. The summed E-state index contributed by atoms with van der Waals surface area (Å²) in [7, 11) is 0. The summed E-state index contributed by atoms with van der Waals surface area (Å²) in [5.41, 5.74) is 1.88. The van der Waals surface area contributed by atoms with Gasteiger partial charge in [0.2, 0.25) is 0 Å². The average Bonchev–Trinajstić information content (AvgIpc) is 2.93. The highest BCUT2D eigenvalue weighted by Gasteiger charge is 2.21. The molecule has 4 rings (SSSR count). The summed E-state index contributed by atoms with van der Waals surface area (Å²) in [6.07, 6.45) is 2.09. The Hall–Kier alpha value is -2.78. The van der Waals surface area contributed by atoms with E-state index in [0.717, 1.165) is 5.56 Å². The molecule has 0 bridgehead atoms. The molecule has 0 radical (unpaired) electrons. The molecule has 0 aliphatic carbocycles. The zero-order valence-electron chi connectivity index (χ0n) is 13.9. The Morgan fingerprint density at radius 1 is 1.27 bits per heavy atom. The second-order valence-electron chi connectivity index (χ2n) is 6.12. The molecule has 0 fully saturated rings. The largest absolute Gasteiger partial charge is 0.491 e. The van der Waals surface area contributed by atoms with E-state index >= 15 is 0 Å². The number of fused-ring (bicyclic) bond motifs is 2. The van der Waals surface area contributed by atoms with Crippen LogP contribution in [0.25, 0.3) is 11.2 Å². The van der Waals surface area contributed by atoms with Crippen LogP contribution in [0.1, 0.15) is 5.56 Å². The lowest BCUT2D eigenvalue weighted by Gasteiger charge is -2.21. The van der Waals surface area contributed by atoms with Crippen molar-refractivity contribution in [2.45, 2.75) is 19.2 Å². The number of aliphatic hydroxyl groups excluding tert-OH is 2. The fraction of sp³-hybridized carbons (Fsp3) is 0.353. The Bertz CT molecular complexity index is 932. The van der Waals surface area contributed by atoms with Gasteiger partial charge in [-0.25, -0.2) is 19.3 Å². The number of imidazole rings is 1. The van der Waals surface area contributed by atoms with Gasteiger partial charge in [0, 0.05) is 12.1 Å². The molecule has 1 atom stereocenters. The molecule has 0 saturated heterocycles. The lowest BCUT2D eigenvalue weighted by molar-refractivity contribution is 0.0820. The maximum atomic E-state index is 13.6. The number of hydrogen-bond donors (Lipinski definition) is 2. The van der Waals surface area contributed by atoms with Crippen molar-refractivity contribution in [1.29, 1.82) is 0 Å². The number of hydrogen-bond acceptors (Lipinski definition) is 7. The second-order valence-corrected chi connectivity index (χ2v) is 6.12. The van der Waals surface area contributed by atoms with Gasteiger partial charge >= 0.3 is 0 Å². The molecule has 1 aromatic carbocycles. The third-order valence-corrected chi connectivity index (χ3v) is 4.30. The van der Waals surface area contributed by atoms with Crippen molar-refractivity contribution in [3.8, 4) is 5.75 Å². The quantitative estimate of drug-likeness (QED) is 0.708. The van der Waals surface area contributed by atoms with Crippen molar-refractivity contribution in [3.05, 3.63) is 42.2 Å². The van der Waals surface area contributed by atoms with E-state index < -0.39 is 6.10 Å². The summed E-state index contributed by atoms with van der Waals surface area (Å²) in [6.45, 7) is 1.28. The fourth-order valence-electron chi connectivity index (χ4n) is 3.06. The second kappa shape index (κ2) is 6.85. The van der Waals surface area contributed by atoms with Crippen LogP contribution in [0.5, 0.6) is 5.75 Å². The molecule has 1 unspecified atom stereocenters. The van der Waals surface area contributed by atoms with Crippen LogP contribution in [0.15, 0.2) is 30.9 Å². The van der Waals surface area contributed by atoms with E-state index in [1.54, 1.807) is 17.0 Å². The van der Waals surface area contributed by atoms with Crippen molar-refractivity contribution in [2.24, 2.45) is 0 Å². The van der Waals surface area contributed by atoms with Crippen molar-refractivity contribution in [2.75, 3.05) is 24.7 Å². The third kappa shape index (κ3) is 3.06. The van der Waals surface area contributed by atoms with Gasteiger partial charge in [-0.2, -0.15) is 0 Å². The molecule has 26 heavy (non-hydrogen) atoms. The topological polar surface area (TPSA) is 96.5 Å². The predicted octanol–water partition coefficient (Wildman–Crippen LogP) is 0.718. The molecule has 1 aliphatic heterocycles. The standard InChI is InChI=1S/C17H18FN5O3/c18-12-1-2-14-11(5-12)6-22(3-4-26-14)16-15-17(20-9-19-16)23(10-21-15)7-13(25)8-24/h1-2,5,9-10,13,24-25H,3-4,6-8H2. The Morgan fingerprint density at radius 3 is 3.00 bits per heavy atom. The van der Waals surface area contributed by atoms with E-state index in [1.165, 1.54) is 18.5 Å². The van der Waals surface area contributed by atoms with Crippen LogP contribution in [0, 0.1) is 5.82 Å². The molecule has 3 heterocycles. The van der Waals surface area contributed by atoms with Gasteiger partial charge in [0.25, 0.3) is 0 Å². The molecule has 136 valence electrons. The lowest BCUT2D eigenvalue weighted by atomic mass is 10.2. The first-order valence-electron chi connectivity index (χ1n) is 8.26. The molecule has 2 N–H and O–H groups in total. The van der Waals surface area contributed by atoms with Gasteiger partial charge in [0.15, 0.2) is 17.0 Å². The Kier molecular flexibility index (Phi) is 4.39. The normalized spacial score (nSPS) is 15.4. The molecular formula is C17H18FN5O3. The van der Waals surface area contributed by atoms with Gasteiger partial charge in [-0.05, 0) is 18.2 Å². The Labute approximate surface area is 148 Å². The van der Waals surface area contributed by atoms with Crippen molar-refractivity contribution < 1.29 is 19.3 Å². The minimum Gasteiger partial charge on any atom is -0.491 e. The maximum Gasteiger partial charge on any atom is 0.165 e. The summed E-state index contributed by atoms with van der Waals surface area (Å²) < 4.78 is 21.0. The first kappa shape index (κ1) is 16.7. The molecule has 8 nitrogen and oxygen atoms in total. The van der Waals surface area contributed by atoms with Gasteiger partial charge in [0.1, 0.15) is 24.5 Å². The average molecular weight is 359 g/mol. The summed E-state index contributed by atoms with van der Waals surface area (Å²) in [5.74, 6) is 0.966. The molecule has 0 amide bonds. The van der Waals surface area contributed by atoms with Gasteiger partial charge < -0.3 is 24.4 Å². The van der Waals surface area contributed by atoms with E-state index in [0.29, 0.717) is 42.4 Å². The van der Waals surface area contributed by atoms with Crippen LogP contribution >= 0.6 is 0 Å². The zero-order valence-corrected chi connectivity index (χ0v) is 13.9. The van der Waals surface area contributed by atoms with Crippen LogP contribution in [0.3, 0.4) is 0 Å². The number of aromatic nitrogens is 4. The van der Waals surface area contributed by atoms with E-state index in [9.17, 15) is 9.50 Å². The number of rotatable bonds is 4. The number of nitrogens with zero attached hydrogens (tertiary/aromatic N) is 5. The molecular weight excluding hydrogens is 341 g/mol. The number of ether oxygens (including phenoxy) is 1. The van der Waals surface area contributed by atoms with Crippen molar-refractivity contribution in [1.82, 2.24) is 19.5 Å². The predicted molar refractivity (Wildman–Crippen MR) is 91.4 cm³/mol. The molecule has 0 spiro atoms. The molecule has 9 heteroatoms. The Balaban J connectivity index is 1.70. The van der Waals surface area contributed by atoms with E-state index in [-0.39, 0.29) is 19.0 Å². The highest BCUT2D eigenvalue weighted by molar-refractivity contribution is 5.83. The lowest BCUT2D eigenvalue weighted by Crippen LogP contribution is -2.26. The number of aliphatic hydroxyl groups is 2. The summed E-state index contributed by atoms with van der Waals surface area (Å²) >= 11 is 0. The summed E-state index contributed by atoms with van der Waals surface area (Å²) in [6, 6.07) is 4.47. The third-order valence-electron chi connectivity index (χ3n) is 4.30. The van der Waals surface area contributed by atoms with E-state index in [4.69, 9.17) is 9.84 Å². The van der Waals surface area contributed by atoms with E-state index in [1.807, 2.05) is 4.90 Å². The van der Waals surface area contributed by atoms with Gasteiger partial charge in [-0.1, -0.05) is 0 Å². The highest BCUT2D eigenvalue weighted by atomic mass is 19.1. The number of benzene rings is 1. The van der Waals surface area contributed by atoms with Crippen LogP contribution in [-0.4, -0.2) is 55.6 Å². The van der Waals surface area contributed by atoms with Crippen LogP contribution < -0.4 is 9.64 Å². The maximum absolute atomic E-state index is 13.6. The first-order valence-corrected chi connectivity index (χ1v) is 8.26. The van der Waals surface area contributed by atoms with Crippen LogP contribution in [0.2, 0.25) is 0 Å². The SMILES string of the molecule is OCC(O)Cn1cnc2c(N3CCOc4ccc(F)cc4C3)ncnc21. The molecule has 0 saturated carbocycles. The summed E-state index contributed by atoms with van der Waals surface area (Å²) in [4.78, 5) is 14.9. The smallest absolute Gasteiger partial charge is 0.165 e. The van der Waals surface area contributed by atoms with E-state index in [2.05, 4.69) is 15.0 Å². The van der Waals surface area contributed by atoms with Crippen molar-refractivity contribution >= 4 is 17.0 Å². The minimum atomic E-state index is -0.896. The minimum absolute atomic E-state index is 0.181. The fourth-order valence-corrected chi connectivity index (χ4v) is 3.06. The molecule has 3 aromatic rings. The van der Waals surface area contributed by atoms with Gasteiger partial charge in [-0.15, -0.1) is 0 Å². The Morgan fingerprint density at radius 2 is 2.15 bits per heavy atom. The van der Waals surface area contributed by atoms with Gasteiger partial charge in [0.05, 0.1) is 32.1 Å². The zero-order chi connectivity index (χ0) is 18.1. The highest BCUT2D eigenvalue weighted by Crippen LogP contribution is 2.29. The van der Waals surface area contributed by atoms with Crippen LogP contribution in [0.4, 0.5) is 10.2 Å². The number of anilines is 1.